The molecule has 0 saturated heterocycles. The maximum atomic E-state index is 13.5. The lowest BCUT2D eigenvalue weighted by atomic mass is 9.83. The number of hydrogen-bond acceptors (Lipinski definition) is 11. The fourth-order valence-electron chi connectivity index (χ4n) is 4.13. The summed E-state index contributed by atoms with van der Waals surface area (Å²) in [6.07, 6.45) is 1.47. The van der Waals surface area contributed by atoms with Gasteiger partial charge in [-0.3, -0.25) is 29.6 Å². The lowest BCUT2D eigenvalue weighted by molar-refractivity contribution is -0.385. The van der Waals surface area contributed by atoms with Crippen LogP contribution in [0.4, 0.5) is 11.4 Å². The highest BCUT2D eigenvalue weighted by atomic mass is 32.1. The second-order valence-corrected chi connectivity index (χ2v) is 9.14. The molecule has 1 aromatic heterocycles. The number of nitrogens with zero attached hydrogens (tertiary/aromatic N) is 3. The molecule has 14 heteroatoms. The number of methoxy groups -OCH3 is 1. The van der Waals surface area contributed by atoms with Crippen molar-refractivity contribution < 1.29 is 28.9 Å². The minimum absolute atomic E-state index is 0.0144. The van der Waals surface area contributed by atoms with E-state index in [1.165, 1.54) is 54.6 Å². The van der Waals surface area contributed by atoms with E-state index in [2.05, 4.69) is 0 Å². The second-order valence-electron chi connectivity index (χ2n) is 8.11. The second kappa shape index (κ2) is 10.7. The highest BCUT2D eigenvalue weighted by Gasteiger charge is 2.39. The molecule has 0 radical (unpaired) electrons. The zero-order chi connectivity index (χ0) is 28.4. The van der Waals surface area contributed by atoms with Crippen LogP contribution in [0.25, 0.3) is 17.5 Å². The van der Waals surface area contributed by atoms with E-state index in [0.29, 0.717) is 11.1 Å². The number of thiazole rings is 1. The van der Waals surface area contributed by atoms with E-state index < -0.39 is 33.3 Å². The molecule has 0 fully saturated rings. The normalized spacial score (nSPS) is 15.1. The number of aromatic nitrogens is 1. The Bertz CT molecular complexity index is 1720. The van der Waals surface area contributed by atoms with Crippen LogP contribution < -0.4 is 20.5 Å². The van der Waals surface area contributed by atoms with Gasteiger partial charge in [0.15, 0.2) is 0 Å². The van der Waals surface area contributed by atoms with Crippen LogP contribution in [0.1, 0.15) is 24.0 Å². The van der Waals surface area contributed by atoms with Crippen molar-refractivity contribution >= 4 is 52.1 Å². The molecule has 39 heavy (non-hydrogen) atoms. The van der Waals surface area contributed by atoms with E-state index in [4.69, 9.17) is 15.2 Å². The molecule has 0 spiro atoms. The zero-order valence-electron chi connectivity index (χ0n) is 20.5. The Hall–Kier alpha value is -5.11. The molecule has 0 bridgehead atoms. The van der Waals surface area contributed by atoms with Crippen LogP contribution in [-0.2, 0) is 19.1 Å². The molecule has 2 aromatic carbocycles. The largest absolute Gasteiger partial charge is 0.466 e. The molecule has 1 atom stereocenters. The van der Waals surface area contributed by atoms with Crippen LogP contribution in [0.2, 0.25) is 0 Å². The molecule has 0 amide bonds. The minimum atomic E-state index is -1.16. The minimum Gasteiger partial charge on any atom is -0.466 e. The molecule has 200 valence electrons. The predicted molar refractivity (Wildman–Crippen MR) is 140 cm³/mol. The average molecular weight is 553 g/mol. The van der Waals surface area contributed by atoms with Crippen molar-refractivity contribution in [3.8, 4) is 0 Å². The van der Waals surface area contributed by atoms with Gasteiger partial charge in [-0.1, -0.05) is 12.1 Å². The number of benzene rings is 2. The van der Waals surface area contributed by atoms with Gasteiger partial charge in [0.1, 0.15) is 10.5 Å². The monoisotopic (exact) mass is 552 g/mol. The Morgan fingerprint density at radius 3 is 2.08 bits per heavy atom. The van der Waals surface area contributed by atoms with Crippen molar-refractivity contribution in [3.63, 3.8) is 0 Å². The van der Waals surface area contributed by atoms with E-state index >= 15 is 0 Å². The number of nitrogens with two attached hydrogens (primary N) is 1. The van der Waals surface area contributed by atoms with Gasteiger partial charge in [-0.25, -0.2) is 9.59 Å². The van der Waals surface area contributed by atoms with Gasteiger partial charge in [0.25, 0.3) is 16.9 Å². The molecule has 2 N–H and O–H groups in total. The topological polar surface area (TPSA) is 187 Å². The van der Waals surface area contributed by atoms with Gasteiger partial charge in [0.2, 0.25) is 0 Å². The summed E-state index contributed by atoms with van der Waals surface area (Å²) in [6.45, 7) is 1.57. The van der Waals surface area contributed by atoms with E-state index in [1.54, 1.807) is 6.92 Å². The fourth-order valence-corrected chi connectivity index (χ4v) is 5.29. The Balaban J connectivity index is 2.06. The number of carbonyl (C=O) groups excluding carboxylic acids is 2. The van der Waals surface area contributed by atoms with Crippen LogP contribution in [-0.4, -0.2) is 40.1 Å². The summed E-state index contributed by atoms with van der Waals surface area (Å²) in [5.41, 5.74) is 5.85. The maximum Gasteiger partial charge on any atom is 0.338 e. The molecule has 13 nitrogen and oxygen atoms in total. The van der Waals surface area contributed by atoms with Crippen molar-refractivity contribution in [1.82, 2.24) is 4.57 Å². The first kappa shape index (κ1) is 26.9. The number of esters is 2. The molecular weight excluding hydrogens is 532 g/mol. The number of rotatable bonds is 7. The zero-order valence-corrected chi connectivity index (χ0v) is 21.3. The summed E-state index contributed by atoms with van der Waals surface area (Å²) in [4.78, 5) is 60.7. The van der Waals surface area contributed by atoms with E-state index in [0.717, 1.165) is 23.0 Å². The first-order chi connectivity index (χ1) is 18.6. The first-order valence-electron chi connectivity index (χ1n) is 11.3. The smallest absolute Gasteiger partial charge is 0.338 e. The Morgan fingerprint density at radius 2 is 1.56 bits per heavy atom. The van der Waals surface area contributed by atoms with Crippen molar-refractivity contribution in [3.05, 3.63) is 105 Å². The van der Waals surface area contributed by atoms with Gasteiger partial charge in [-0.05, 0) is 36.3 Å². The molecule has 3 aromatic rings. The predicted octanol–water partition coefficient (Wildman–Crippen LogP) is 1.37. The maximum absolute atomic E-state index is 13.5. The van der Waals surface area contributed by atoms with Crippen LogP contribution in [0.15, 0.2) is 58.9 Å². The summed E-state index contributed by atoms with van der Waals surface area (Å²) in [5, 5.41) is 22.1. The van der Waals surface area contributed by atoms with Gasteiger partial charge in [0, 0.05) is 24.3 Å². The SMILES string of the molecule is CCOC(=O)C1=c2s/c(=C/c3ccc([N+](=O)[O-])cc3)c(=O)n2C(N)=C(C(=O)OC)C1c1ccc([N+](=O)[O-])cc1. The first-order valence-corrected chi connectivity index (χ1v) is 12.1. The molecular formula is C25H20N4O9S. The quantitative estimate of drug-likeness (QED) is 0.255. The molecule has 1 unspecified atom stereocenters. The van der Waals surface area contributed by atoms with Crippen molar-refractivity contribution in [2.45, 2.75) is 12.8 Å². The standard InChI is InChI=1S/C25H20N4O9S/c1-3-38-25(32)20-18(14-6-10-16(11-7-14)29(35)36)19(24(31)37-2)21(26)27-22(30)17(39-23(20)27)12-13-4-8-15(9-5-13)28(33)34/h4-12,18H,3,26H2,1-2H3/b17-12+. The van der Waals surface area contributed by atoms with Crippen LogP contribution >= 0.6 is 11.3 Å². The number of non-ortho nitro benzene ring substituents is 2. The lowest BCUT2D eigenvalue weighted by Gasteiger charge is -2.26. The van der Waals surface area contributed by atoms with E-state index in [9.17, 15) is 34.6 Å². The number of ether oxygens (including phenoxy) is 2. The van der Waals surface area contributed by atoms with Gasteiger partial charge in [-0.2, -0.15) is 0 Å². The highest BCUT2D eigenvalue weighted by Crippen LogP contribution is 2.38. The molecule has 2 heterocycles. The highest BCUT2D eigenvalue weighted by molar-refractivity contribution is 7.07. The molecule has 0 aliphatic carbocycles. The molecule has 1 aliphatic heterocycles. The van der Waals surface area contributed by atoms with E-state index in [1.807, 2.05) is 0 Å². The van der Waals surface area contributed by atoms with Crippen molar-refractivity contribution in [2.75, 3.05) is 13.7 Å². The summed E-state index contributed by atoms with van der Waals surface area (Å²) in [6, 6.07) is 10.7. The Labute approximate surface area is 223 Å². The van der Waals surface area contributed by atoms with Crippen molar-refractivity contribution in [1.29, 1.82) is 0 Å². The molecule has 1 aliphatic rings. The fraction of sp³-hybridized carbons (Fsp3) is 0.160. The number of nitro benzene ring substituents is 2. The summed E-state index contributed by atoms with van der Waals surface area (Å²) < 4.78 is 11.4. The van der Waals surface area contributed by atoms with Crippen LogP contribution in [0.5, 0.6) is 0 Å². The number of fused-ring (bicyclic) bond motifs is 1. The number of hydrogen-bond donors (Lipinski definition) is 1. The number of carbonyl (C=O) groups is 2. The third-order valence-corrected chi connectivity index (χ3v) is 7.00. The molecule has 0 saturated carbocycles. The molecule has 4 rings (SSSR count). The van der Waals surface area contributed by atoms with Gasteiger partial charge < -0.3 is 15.2 Å². The van der Waals surface area contributed by atoms with Gasteiger partial charge >= 0.3 is 11.9 Å². The Morgan fingerprint density at radius 1 is 1.00 bits per heavy atom. The third kappa shape index (κ3) is 4.92. The van der Waals surface area contributed by atoms with E-state index in [-0.39, 0.29) is 44.1 Å². The lowest BCUT2D eigenvalue weighted by Crippen LogP contribution is -2.41. The van der Waals surface area contributed by atoms with Gasteiger partial charge in [0.05, 0.1) is 45.2 Å². The Kier molecular flexibility index (Phi) is 7.40. The summed E-state index contributed by atoms with van der Waals surface area (Å²) in [5.74, 6) is -3.19. The van der Waals surface area contributed by atoms with Crippen molar-refractivity contribution in [2.24, 2.45) is 5.73 Å². The van der Waals surface area contributed by atoms with Crippen LogP contribution in [0.3, 0.4) is 0 Å². The average Bonchev–Trinajstić information content (AvgIpc) is 3.24. The number of nitro groups is 2. The summed E-state index contributed by atoms with van der Waals surface area (Å²) >= 11 is 0.910. The van der Waals surface area contributed by atoms with Crippen LogP contribution in [0, 0.1) is 20.2 Å². The summed E-state index contributed by atoms with van der Waals surface area (Å²) in [7, 11) is 1.11. The van der Waals surface area contributed by atoms with Gasteiger partial charge in [-0.15, -0.1) is 11.3 Å². The third-order valence-electron chi connectivity index (χ3n) is 5.89.